The predicted octanol–water partition coefficient (Wildman–Crippen LogP) is -0.213. The first kappa shape index (κ1) is 14.7. The number of carboxylic acids is 1. The maximum Gasteiger partial charge on any atom is 0.337 e. The molecule has 1 aromatic carbocycles. The average Bonchev–Trinajstić information content (AvgIpc) is 2.36. The highest BCUT2D eigenvalue weighted by molar-refractivity contribution is 6.40. The van der Waals surface area contributed by atoms with E-state index in [4.69, 9.17) is 10.8 Å². The van der Waals surface area contributed by atoms with Gasteiger partial charge in [-0.25, -0.2) is 4.79 Å². The van der Waals surface area contributed by atoms with Crippen LogP contribution >= 0.6 is 0 Å². The molecular weight excluding hydrogens is 250 g/mol. The third-order valence-corrected chi connectivity index (χ3v) is 2.20. The number of amides is 2. The molecule has 0 spiro atoms. The molecule has 0 radical (unpaired) electrons. The monoisotopic (exact) mass is 265 g/mol. The van der Waals surface area contributed by atoms with Gasteiger partial charge in [0.2, 0.25) is 0 Å². The minimum Gasteiger partial charge on any atom is -0.478 e. The van der Waals surface area contributed by atoms with Crippen molar-refractivity contribution in [3.63, 3.8) is 0 Å². The summed E-state index contributed by atoms with van der Waals surface area (Å²) in [6, 6.07) is 5.54. The van der Waals surface area contributed by atoms with E-state index in [0.29, 0.717) is 0 Å². The van der Waals surface area contributed by atoms with Gasteiger partial charge in [-0.05, 0) is 19.1 Å². The molecule has 0 saturated heterocycles. The number of carbonyl (C=O) groups is 3. The van der Waals surface area contributed by atoms with E-state index in [1.165, 1.54) is 18.2 Å². The molecule has 0 unspecified atom stereocenters. The molecule has 0 aromatic heterocycles. The van der Waals surface area contributed by atoms with Crippen LogP contribution in [0.3, 0.4) is 0 Å². The number of nitrogens with one attached hydrogen (secondary N) is 2. The lowest BCUT2D eigenvalue weighted by Gasteiger charge is -2.09. The first-order valence-corrected chi connectivity index (χ1v) is 5.59. The second-order valence-electron chi connectivity index (χ2n) is 3.99. The number of hydrogen-bond acceptors (Lipinski definition) is 4. The van der Waals surface area contributed by atoms with Gasteiger partial charge in [-0.1, -0.05) is 12.1 Å². The Morgan fingerprint density at radius 3 is 2.47 bits per heavy atom. The largest absolute Gasteiger partial charge is 0.478 e. The van der Waals surface area contributed by atoms with Crippen molar-refractivity contribution in [1.29, 1.82) is 0 Å². The van der Waals surface area contributed by atoms with Crippen LogP contribution in [0.1, 0.15) is 17.3 Å². The minimum atomic E-state index is -1.19. The van der Waals surface area contributed by atoms with Crippen molar-refractivity contribution < 1.29 is 19.5 Å². The van der Waals surface area contributed by atoms with Crippen LogP contribution in [0.5, 0.6) is 0 Å². The van der Waals surface area contributed by atoms with Crippen LogP contribution in [0, 0.1) is 0 Å². The van der Waals surface area contributed by atoms with E-state index < -0.39 is 17.8 Å². The first-order valence-electron chi connectivity index (χ1n) is 5.59. The second kappa shape index (κ2) is 6.50. The molecular formula is C12H15N3O4. The van der Waals surface area contributed by atoms with Crippen LogP contribution in [0.25, 0.3) is 0 Å². The van der Waals surface area contributed by atoms with E-state index in [2.05, 4.69) is 10.6 Å². The SMILES string of the molecule is C[C@@H](N)CNC(=O)C(=O)Nc1ccccc1C(=O)O. The number of para-hydroxylation sites is 1. The number of anilines is 1. The standard InChI is InChI=1S/C12H15N3O4/c1-7(13)6-14-10(16)11(17)15-9-5-3-2-4-8(9)12(18)19/h2-5,7H,6,13H2,1H3,(H,14,16)(H,15,17)(H,18,19)/t7-/m1/s1. The predicted molar refractivity (Wildman–Crippen MR) is 68.7 cm³/mol. The van der Waals surface area contributed by atoms with Crippen LogP contribution in [0.4, 0.5) is 5.69 Å². The van der Waals surface area contributed by atoms with Crippen molar-refractivity contribution in [3.8, 4) is 0 Å². The number of carbonyl (C=O) groups excluding carboxylic acids is 2. The van der Waals surface area contributed by atoms with Crippen molar-refractivity contribution in [2.45, 2.75) is 13.0 Å². The summed E-state index contributed by atoms with van der Waals surface area (Å²) in [7, 11) is 0. The summed E-state index contributed by atoms with van der Waals surface area (Å²) in [4.78, 5) is 33.9. The van der Waals surface area contributed by atoms with Crippen LogP contribution in [0.15, 0.2) is 24.3 Å². The molecule has 1 atom stereocenters. The fraction of sp³-hybridized carbons (Fsp3) is 0.250. The molecule has 1 aromatic rings. The Bertz CT molecular complexity index is 500. The van der Waals surface area contributed by atoms with E-state index >= 15 is 0 Å². The zero-order valence-corrected chi connectivity index (χ0v) is 10.3. The van der Waals surface area contributed by atoms with Crippen molar-refractivity contribution in [2.75, 3.05) is 11.9 Å². The second-order valence-corrected chi connectivity index (χ2v) is 3.99. The van der Waals surface area contributed by atoms with E-state index in [1.54, 1.807) is 13.0 Å². The lowest BCUT2D eigenvalue weighted by atomic mass is 10.2. The molecule has 0 heterocycles. The summed E-state index contributed by atoms with van der Waals surface area (Å²) in [5.74, 6) is -2.99. The van der Waals surface area contributed by atoms with E-state index in [0.717, 1.165) is 0 Å². The maximum absolute atomic E-state index is 11.5. The number of rotatable bonds is 4. The molecule has 7 heteroatoms. The van der Waals surface area contributed by atoms with E-state index in [-0.39, 0.29) is 23.8 Å². The summed E-state index contributed by atoms with van der Waals surface area (Å²) in [5.41, 5.74) is 5.41. The minimum absolute atomic E-state index is 0.0657. The molecule has 0 aliphatic carbocycles. The van der Waals surface area contributed by atoms with Crippen molar-refractivity contribution in [3.05, 3.63) is 29.8 Å². The van der Waals surface area contributed by atoms with Gasteiger partial charge in [0.1, 0.15) is 0 Å². The summed E-state index contributed by atoms with van der Waals surface area (Å²) in [6.45, 7) is 1.84. The first-order chi connectivity index (χ1) is 8.91. The summed E-state index contributed by atoms with van der Waals surface area (Å²) >= 11 is 0. The molecule has 0 bridgehead atoms. The molecule has 0 fully saturated rings. The number of carboxylic acid groups (broad SMARTS) is 1. The fourth-order valence-electron chi connectivity index (χ4n) is 1.29. The molecule has 2 amide bonds. The molecule has 102 valence electrons. The zero-order valence-electron chi connectivity index (χ0n) is 10.3. The Morgan fingerprint density at radius 1 is 1.26 bits per heavy atom. The Morgan fingerprint density at radius 2 is 1.89 bits per heavy atom. The number of benzene rings is 1. The van der Waals surface area contributed by atoms with Gasteiger partial charge in [0, 0.05) is 12.6 Å². The quantitative estimate of drug-likeness (QED) is 0.561. The van der Waals surface area contributed by atoms with Gasteiger partial charge >= 0.3 is 17.8 Å². The highest BCUT2D eigenvalue weighted by atomic mass is 16.4. The zero-order chi connectivity index (χ0) is 14.4. The Labute approximate surface area is 109 Å². The number of hydrogen-bond donors (Lipinski definition) is 4. The van der Waals surface area contributed by atoms with Gasteiger partial charge in [0.05, 0.1) is 11.3 Å². The van der Waals surface area contributed by atoms with Gasteiger partial charge in [-0.2, -0.15) is 0 Å². The average molecular weight is 265 g/mol. The van der Waals surface area contributed by atoms with E-state index in [1.807, 2.05) is 0 Å². The van der Waals surface area contributed by atoms with Gasteiger partial charge in [-0.3, -0.25) is 9.59 Å². The van der Waals surface area contributed by atoms with Crippen molar-refractivity contribution in [2.24, 2.45) is 5.73 Å². The summed E-state index contributed by atoms with van der Waals surface area (Å²) < 4.78 is 0. The molecule has 19 heavy (non-hydrogen) atoms. The lowest BCUT2D eigenvalue weighted by Crippen LogP contribution is -2.41. The van der Waals surface area contributed by atoms with Crippen molar-refractivity contribution >= 4 is 23.5 Å². The third kappa shape index (κ3) is 4.40. The van der Waals surface area contributed by atoms with Gasteiger partial charge in [0.25, 0.3) is 0 Å². The molecule has 0 aliphatic rings. The fourth-order valence-corrected chi connectivity index (χ4v) is 1.29. The Hall–Kier alpha value is -2.41. The highest BCUT2D eigenvalue weighted by Gasteiger charge is 2.17. The van der Waals surface area contributed by atoms with Crippen LogP contribution in [0.2, 0.25) is 0 Å². The molecule has 1 rings (SSSR count). The van der Waals surface area contributed by atoms with Crippen LogP contribution in [-0.4, -0.2) is 35.5 Å². The molecule has 5 N–H and O–H groups in total. The van der Waals surface area contributed by atoms with Gasteiger partial charge < -0.3 is 21.5 Å². The summed E-state index contributed by atoms with van der Waals surface area (Å²) in [6.07, 6.45) is 0. The maximum atomic E-state index is 11.5. The van der Waals surface area contributed by atoms with Crippen LogP contribution in [-0.2, 0) is 9.59 Å². The molecule has 0 aliphatic heterocycles. The number of nitrogens with two attached hydrogens (primary N) is 1. The molecule has 7 nitrogen and oxygen atoms in total. The van der Waals surface area contributed by atoms with E-state index in [9.17, 15) is 14.4 Å². The van der Waals surface area contributed by atoms with Crippen molar-refractivity contribution in [1.82, 2.24) is 5.32 Å². The Kier molecular flexibility index (Phi) is 5.01. The highest BCUT2D eigenvalue weighted by Crippen LogP contribution is 2.14. The smallest absolute Gasteiger partial charge is 0.337 e. The summed E-state index contributed by atoms with van der Waals surface area (Å²) in [5, 5.41) is 13.5. The molecule has 0 saturated carbocycles. The third-order valence-electron chi connectivity index (χ3n) is 2.20. The van der Waals surface area contributed by atoms with Gasteiger partial charge in [-0.15, -0.1) is 0 Å². The lowest BCUT2D eigenvalue weighted by molar-refractivity contribution is -0.136. The van der Waals surface area contributed by atoms with Crippen LogP contribution < -0.4 is 16.4 Å². The normalized spacial score (nSPS) is 11.5. The Balaban J connectivity index is 2.72. The topological polar surface area (TPSA) is 122 Å². The number of aromatic carboxylic acids is 1. The van der Waals surface area contributed by atoms with Gasteiger partial charge in [0.15, 0.2) is 0 Å².